The number of sulfonamides is 1. The van der Waals surface area contributed by atoms with Gasteiger partial charge >= 0.3 is 0 Å². The van der Waals surface area contributed by atoms with Gasteiger partial charge in [0.2, 0.25) is 5.91 Å². The van der Waals surface area contributed by atoms with E-state index in [1.165, 1.54) is 0 Å². The van der Waals surface area contributed by atoms with E-state index in [0.717, 1.165) is 39.9 Å². The zero-order valence-electron chi connectivity index (χ0n) is 16.5. The lowest BCUT2D eigenvalue weighted by molar-refractivity contribution is -0.117. The van der Waals surface area contributed by atoms with Crippen molar-refractivity contribution < 1.29 is 13.2 Å². The lowest BCUT2D eigenvalue weighted by Gasteiger charge is -2.20. The van der Waals surface area contributed by atoms with E-state index in [0.29, 0.717) is 23.5 Å². The molecular weight excluding hydrogens is 360 g/mol. The summed E-state index contributed by atoms with van der Waals surface area (Å²) in [5, 5.41) is 0. The molecule has 2 aromatic rings. The average molecular weight is 387 g/mol. The normalized spacial score (nSPS) is 14.7. The first-order valence-electron chi connectivity index (χ1n) is 9.13. The van der Waals surface area contributed by atoms with Crippen LogP contribution in [0.25, 0.3) is 0 Å². The fraction of sp³-hybridized carbons (Fsp3) is 0.381. The minimum absolute atomic E-state index is 0.111. The molecular formula is C21H26N2O3S. The molecule has 0 aliphatic carbocycles. The predicted molar refractivity (Wildman–Crippen MR) is 109 cm³/mol. The third-order valence-electron chi connectivity index (χ3n) is 5.70. The molecule has 1 N–H and O–H groups in total. The van der Waals surface area contributed by atoms with Crippen LogP contribution >= 0.6 is 0 Å². The van der Waals surface area contributed by atoms with Gasteiger partial charge in [0, 0.05) is 24.3 Å². The zero-order valence-corrected chi connectivity index (χ0v) is 17.3. The van der Waals surface area contributed by atoms with Crippen molar-refractivity contribution in [1.82, 2.24) is 0 Å². The highest BCUT2D eigenvalue weighted by atomic mass is 32.2. The number of amides is 1. The largest absolute Gasteiger partial charge is 0.312 e. The van der Waals surface area contributed by atoms with Gasteiger partial charge in [0.05, 0.1) is 4.90 Å². The Balaban J connectivity index is 1.93. The van der Waals surface area contributed by atoms with Gasteiger partial charge < -0.3 is 4.90 Å². The number of nitrogens with one attached hydrogen (secondary N) is 1. The topological polar surface area (TPSA) is 66.5 Å². The maximum Gasteiger partial charge on any atom is 0.262 e. The predicted octanol–water partition coefficient (Wildman–Crippen LogP) is 4.16. The van der Waals surface area contributed by atoms with Crippen LogP contribution < -0.4 is 9.62 Å². The molecule has 1 saturated heterocycles. The summed E-state index contributed by atoms with van der Waals surface area (Å²) in [6.07, 6.45) is 1.43. The Morgan fingerprint density at radius 1 is 0.852 bits per heavy atom. The van der Waals surface area contributed by atoms with Crippen LogP contribution in [-0.2, 0) is 14.8 Å². The maximum atomic E-state index is 13.1. The Hall–Kier alpha value is -2.34. The van der Waals surface area contributed by atoms with Crippen molar-refractivity contribution in [2.45, 2.75) is 52.4 Å². The van der Waals surface area contributed by atoms with Crippen LogP contribution in [0.1, 0.15) is 40.7 Å². The zero-order chi connectivity index (χ0) is 19.9. The molecule has 27 heavy (non-hydrogen) atoms. The van der Waals surface area contributed by atoms with Gasteiger partial charge in [0.15, 0.2) is 0 Å². The number of carbonyl (C=O) groups excluding carboxylic acids is 1. The van der Waals surface area contributed by atoms with E-state index in [-0.39, 0.29) is 5.91 Å². The van der Waals surface area contributed by atoms with E-state index < -0.39 is 10.0 Å². The molecule has 144 valence electrons. The van der Waals surface area contributed by atoms with Gasteiger partial charge in [0.1, 0.15) is 0 Å². The summed E-state index contributed by atoms with van der Waals surface area (Å²) < 4.78 is 28.8. The van der Waals surface area contributed by atoms with E-state index in [9.17, 15) is 13.2 Å². The first-order chi connectivity index (χ1) is 12.6. The second-order valence-electron chi connectivity index (χ2n) is 7.26. The van der Waals surface area contributed by atoms with Gasteiger partial charge in [-0.05, 0) is 93.1 Å². The van der Waals surface area contributed by atoms with Gasteiger partial charge in [0.25, 0.3) is 10.0 Å². The van der Waals surface area contributed by atoms with Crippen molar-refractivity contribution in [3.63, 3.8) is 0 Å². The third-order valence-corrected chi connectivity index (χ3v) is 7.36. The molecule has 0 spiro atoms. The number of benzene rings is 2. The maximum absolute atomic E-state index is 13.1. The van der Waals surface area contributed by atoms with Crippen LogP contribution in [0.15, 0.2) is 29.2 Å². The van der Waals surface area contributed by atoms with Crippen LogP contribution in [0.4, 0.5) is 11.4 Å². The molecule has 6 heteroatoms. The standard InChI is InChI=1S/C21H26N2O3S/c1-13-14(2)16(4)21(17(5)15(13)3)27(25,26)22-18-8-10-19(11-9-18)23-12-6-7-20(23)24/h8-11,22H,6-7,12H2,1-5H3. The van der Waals surface area contributed by atoms with E-state index >= 15 is 0 Å². The van der Waals surface area contributed by atoms with Crippen LogP contribution in [0.5, 0.6) is 0 Å². The minimum Gasteiger partial charge on any atom is -0.312 e. The molecule has 5 nitrogen and oxygen atoms in total. The van der Waals surface area contributed by atoms with Gasteiger partial charge in [-0.15, -0.1) is 0 Å². The Morgan fingerprint density at radius 2 is 1.37 bits per heavy atom. The van der Waals surface area contributed by atoms with Crippen molar-refractivity contribution in [3.05, 3.63) is 52.1 Å². The Morgan fingerprint density at radius 3 is 1.85 bits per heavy atom. The molecule has 1 aliphatic rings. The highest BCUT2D eigenvalue weighted by molar-refractivity contribution is 7.92. The SMILES string of the molecule is Cc1c(C)c(C)c(S(=O)(=O)Nc2ccc(N3CCCC3=O)cc2)c(C)c1C. The minimum atomic E-state index is -3.71. The van der Waals surface area contributed by atoms with E-state index in [2.05, 4.69) is 4.72 Å². The highest BCUT2D eigenvalue weighted by Gasteiger charge is 2.24. The average Bonchev–Trinajstić information content (AvgIpc) is 3.04. The second kappa shape index (κ2) is 7.00. The summed E-state index contributed by atoms with van der Waals surface area (Å²) in [6, 6.07) is 6.98. The highest BCUT2D eigenvalue weighted by Crippen LogP contribution is 2.31. The van der Waals surface area contributed by atoms with Crippen LogP contribution in [0.2, 0.25) is 0 Å². The first-order valence-corrected chi connectivity index (χ1v) is 10.6. The van der Waals surface area contributed by atoms with E-state index in [1.807, 2.05) is 34.6 Å². The quantitative estimate of drug-likeness (QED) is 0.858. The number of carbonyl (C=O) groups is 1. The van der Waals surface area contributed by atoms with E-state index in [1.54, 1.807) is 29.2 Å². The van der Waals surface area contributed by atoms with Gasteiger partial charge in [-0.25, -0.2) is 8.42 Å². The molecule has 2 aromatic carbocycles. The number of nitrogens with zero attached hydrogens (tertiary/aromatic N) is 1. The molecule has 1 amide bonds. The van der Waals surface area contributed by atoms with Crippen molar-refractivity contribution in [3.8, 4) is 0 Å². The fourth-order valence-corrected chi connectivity index (χ4v) is 5.37. The summed E-state index contributed by atoms with van der Waals surface area (Å²) in [6.45, 7) is 10.4. The third kappa shape index (κ3) is 3.46. The molecule has 1 aliphatic heterocycles. The van der Waals surface area contributed by atoms with Gasteiger partial charge in [-0.1, -0.05) is 0 Å². The molecule has 0 bridgehead atoms. The van der Waals surface area contributed by atoms with Crippen molar-refractivity contribution in [2.75, 3.05) is 16.2 Å². The number of hydrogen-bond donors (Lipinski definition) is 1. The summed E-state index contributed by atoms with van der Waals surface area (Å²) in [7, 11) is -3.71. The van der Waals surface area contributed by atoms with Crippen LogP contribution in [-0.4, -0.2) is 20.9 Å². The molecule has 0 unspecified atom stereocenters. The number of rotatable bonds is 4. The second-order valence-corrected chi connectivity index (χ2v) is 8.87. The Kier molecular flexibility index (Phi) is 5.04. The number of anilines is 2. The lowest BCUT2D eigenvalue weighted by Crippen LogP contribution is -2.23. The monoisotopic (exact) mass is 386 g/mol. The van der Waals surface area contributed by atoms with Crippen LogP contribution in [0.3, 0.4) is 0 Å². The fourth-order valence-electron chi connectivity index (χ4n) is 3.71. The molecule has 1 heterocycles. The summed E-state index contributed by atoms with van der Waals surface area (Å²) in [4.78, 5) is 13.9. The van der Waals surface area contributed by atoms with Crippen LogP contribution in [0, 0.1) is 34.6 Å². The Bertz CT molecular complexity index is 980. The molecule has 3 rings (SSSR count). The molecule has 0 atom stereocenters. The number of hydrogen-bond acceptors (Lipinski definition) is 3. The van der Waals surface area contributed by atoms with Crippen molar-refractivity contribution in [2.24, 2.45) is 0 Å². The lowest BCUT2D eigenvalue weighted by atomic mass is 9.95. The van der Waals surface area contributed by atoms with E-state index in [4.69, 9.17) is 0 Å². The Labute approximate surface area is 161 Å². The molecule has 0 saturated carbocycles. The molecule has 1 fully saturated rings. The summed E-state index contributed by atoms with van der Waals surface area (Å²) in [5.41, 5.74) is 5.98. The van der Waals surface area contributed by atoms with Gasteiger partial charge in [-0.3, -0.25) is 9.52 Å². The molecule has 0 radical (unpaired) electrons. The van der Waals surface area contributed by atoms with Crippen molar-refractivity contribution >= 4 is 27.3 Å². The van der Waals surface area contributed by atoms with Crippen molar-refractivity contribution in [1.29, 1.82) is 0 Å². The molecule has 0 aromatic heterocycles. The smallest absolute Gasteiger partial charge is 0.262 e. The first kappa shape index (κ1) is 19.4. The summed E-state index contributed by atoms with van der Waals surface area (Å²) >= 11 is 0. The van der Waals surface area contributed by atoms with Gasteiger partial charge in [-0.2, -0.15) is 0 Å². The summed E-state index contributed by atoms with van der Waals surface area (Å²) in [5.74, 6) is 0.111.